The van der Waals surface area contributed by atoms with Crippen molar-refractivity contribution in [1.29, 1.82) is 5.26 Å². The van der Waals surface area contributed by atoms with Crippen molar-refractivity contribution in [2.45, 2.75) is 38.0 Å². The first-order chi connectivity index (χ1) is 22.0. The molecule has 0 spiro atoms. The molecule has 0 saturated carbocycles. The topological polar surface area (TPSA) is 166 Å². The largest absolute Gasteiger partial charge is 0.497 e. The fourth-order valence-electron chi connectivity index (χ4n) is 4.34. The second-order valence-electron chi connectivity index (χ2n) is 10.3. The zero-order valence-corrected chi connectivity index (χ0v) is 27.8. The van der Waals surface area contributed by atoms with Gasteiger partial charge in [-0.05, 0) is 56.3 Å². The van der Waals surface area contributed by atoms with E-state index in [1.165, 1.54) is 16.9 Å². The lowest BCUT2D eigenvalue weighted by Crippen LogP contribution is -2.36. The zero-order valence-electron chi connectivity index (χ0n) is 26.2. The first-order valence-corrected chi connectivity index (χ1v) is 17.0. The van der Waals surface area contributed by atoms with Crippen LogP contribution in [0.3, 0.4) is 0 Å². The summed E-state index contributed by atoms with van der Waals surface area (Å²) in [5.41, 5.74) is 13.0. The monoisotopic (exact) mass is 651 g/mol. The van der Waals surface area contributed by atoms with Gasteiger partial charge >= 0.3 is 0 Å². The van der Waals surface area contributed by atoms with E-state index in [2.05, 4.69) is 65.6 Å². The lowest BCUT2D eigenvalue weighted by atomic mass is 10.2. The van der Waals surface area contributed by atoms with Crippen molar-refractivity contribution < 1.29 is 4.74 Å². The smallest absolute Gasteiger partial charge is 0.212 e. The van der Waals surface area contributed by atoms with Gasteiger partial charge in [0, 0.05) is 55.8 Å². The predicted molar refractivity (Wildman–Crippen MR) is 187 cm³/mol. The summed E-state index contributed by atoms with van der Waals surface area (Å²) in [5.74, 6) is 3.98. The molecule has 0 radical (unpaired) electrons. The summed E-state index contributed by atoms with van der Waals surface area (Å²) in [6.45, 7) is 5.04. The highest BCUT2D eigenvalue weighted by Crippen LogP contribution is 2.21. The molecular formula is C31H45N11OS2. The van der Waals surface area contributed by atoms with Crippen LogP contribution in [0.1, 0.15) is 36.9 Å². The molecule has 2 aromatic heterocycles. The van der Waals surface area contributed by atoms with Gasteiger partial charge in [-0.3, -0.25) is 10.3 Å². The molecule has 12 nitrogen and oxygen atoms in total. The van der Waals surface area contributed by atoms with Crippen molar-refractivity contribution in [2.24, 2.45) is 21.5 Å². The van der Waals surface area contributed by atoms with Crippen LogP contribution in [0, 0.1) is 11.5 Å². The first kappa shape index (κ1) is 35.4. The van der Waals surface area contributed by atoms with Gasteiger partial charge < -0.3 is 31.3 Å². The molecule has 0 atom stereocenters. The summed E-state index contributed by atoms with van der Waals surface area (Å²) >= 11 is 3.15. The number of likely N-dealkylation sites (N-methyl/N-ethyl adjacent to an activating group) is 1. The number of nitrogens with zero attached hydrogens (tertiary/aromatic N) is 7. The van der Waals surface area contributed by atoms with E-state index in [4.69, 9.17) is 21.5 Å². The molecule has 6 N–H and O–H groups in total. The van der Waals surface area contributed by atoms with Gasteiger partial charge in [0.1, 0.15) is 11.6 Å². The number of rotatable bonds is 20. The maximum absolute atomic E-state index is 9.07. The first-order valence-electron chi connectivity index (χ1n) is 15.0. The second-order valence-corrected chi connectivity index (χ2v) is 12.2. The van der Waals surface area contributed by atoms with Crippen molar-refractivity contribution in [2.75, 3.05) is 57.5 Å². The van der Waals surface area contributed by atoms with Crippen LogP contribution in [0.4, 0.5) is 10.9 Å². The van der Waals surface area contributed by atoms with E-state index in [-0.39, 0.29) is 5.96 Å². The number of thiazole rings is 1. The molecular weight excluding hydrogens is 607 g/mol. The van der Waals surface area contributed by atoms with E-state index in [9.17, 15) is 0 Å². The molecule has 242 valence electrons. The second kappa shape index (κ2) is 20.8. The minimum Gasteiger partial charge on any atom is -0.497 e. The van der Waals surface area contributed by atoms with Gasteiger partial charge in [-0.25, -0.2) is 9.97 Å². The Kier molecular flexibility index (Phi) is 16.4. The van der Waals surface area contributed by atoms with E-state index in [1.807, 2.05) is 42.0 Å². The Hall–Kier alpha value is -4.06. The molecule has 3 rings (SSSR count). The number of thioether (sulfide) groups is 1. The Morgan fingerprint density at radius 1 is 1.09 bits per heavy atom. The Bertz CT molecular complexity index is 1340. The molecule has 14 heteroatoms. The third-order valence-electron chi connectivity index (χ3n) is 6.70. The number of ether oxygens (including phenoxy) is 1. The van der Waals surface area contributed by atoms with Crippen LogP contribution < -0.4 is 31.7 Å². The minimum absolute atomic E-state index is 0.00880. The van der Waals surface area contributed by atoms with E-state index in [0.717, 1.165) is 80.6 Å². The van der Waals surface area contributed by atoms with Crippen LogP contribution in [-0.4, -0.2) is 79.4 Å². The summed E-state index contributed by atoms with van der Waals surface area (Å²) in [4.78, 5) is 22.2. The van der Waals surface area contributed by atoms with Gasteiger partial charge in [-0.15, -0.1) is 11.3 Å². The van der Waals surface area contributed by atoms with Gasteiger partial charge in [-0.2, -0.15) is 22.0 Å². The minimum atomic E-state index is 0.00880. The van der Waals surface area contributed by atoms with E-state index >= 15 is 0 Å². The Labute approximate surface area is 275 Å². The van der Waals surface area contributed by atoms with Crippen molar-refractivity contribution in [1.82, 2.24) is 25.5 Å². The molecule has 0 unspecified atom stereocenters. The Morgan fingerprint density at radius 2 is 1.91 bits per heavy atom. The number of guanidine groups is 2. The number of unbranched alkanes of at least 4 members (excludes halogenated alkanes) is 3. The summed E-state index contributed by atoms with van der Waals surface area (Å²) in [5, 5.41) is 17.5. The highest BCUT2D eigenvalue weighted by atomic mass is 32.2. The van der Waals surface area contributed by atoms with E-state index < -0.39 is 0 Å². The molecule has 1 aromatic carbocycles. The van der Waals surface area contributed by atoms with Gasteiger partial charge in [0.25, 0.3) is 0 Å². The molecule has 0 aliphatic heterocycles. The van der Waals surface area contributed by atoms with Gasteiger partial charge in [0.15, 0.2) is 12.2 Å². The number of nitriles is 1. The number of pyridine rings is 1. The normalized spacial score (nSPS) is 11.2. The standard InChI is InChI=1S/C31H45N11OS2/c1-41(18-19-42(28-9-5-7-14-35-28)21-25-10-12-27(43-2)13-11-25)17-8-4-3-6-15-36-30(38-24-32)37-16-20-44-22-26-23-45-31(39-26)40-29(33)34/h5,7,9-14,23H,3-4,6,8,15-22H2,1-2H3,(H2,36,37,38)(H4,33,34,39,40). The number of nitrogens with one attached hydrogen (secondary N) is 2. The van der Waals surface area contributed by atoms with Crippen LogP contribution in [0.25, 0.3) is 0 Å². The molecule has 0 saturated heterocycles. The number of benzene rings is 1. The number of anilines is 1. The summed E-state index contributed by atoms with van der Waals surface area (Å²) in [7, 11) is 3.86. The molecule has 3 aromatic rings. The van der Waals surface area contributed by atoms with Gasteiger partial charge in [0.05, 0.1) is 12.8 Å². The number of nitrogens with two attached hydrogens (primary N) is 2. The van der Waals surface area contributed by atoms with Crippen LogP contribution in [0.2, 0.25) is 0 Å². The third-order valence-corrected chi connectivity index (χ3v) is 8.48. The van der Waals surface area contributed by atoms with Crippen molar-refractivity contribution in [3.63, 3.8) is 0 Å². The quantitative estimate of drug-likeness (QED) is 0.0460. The average Bonchev–Trinajstić information content (AvgIpc) is 3.49. The maximum atomic E-state index is 9.07. The summed E-state index contributed by atoms with van der Waals surface area (Å²) in [6.07, 6.45) is 8.16. The maximum Gasteiger partial charge on any atom is 0.212 e. The third kappa shape index (κ3) is 14.5. The summed E-state index contributed by atoms with van der Waals surface area (Å²) < 4.78 is 5.30. The average molecular weight is 652 g/mol. The fraction of sp³-hybridized carbons (Fsp3) is 0.452. The molecule has 45 heavy (non-hydrogen) atoms. The van der Waals surface area contributed by atoms with E-state index in [0.29, 0.717) is 24.2 Å². The highest BCUT2D eigenvalue weighted by molar-refractivity contribution is 7.98. The molecule has 0 aliphatic rings. The molecule has 2 heterocycles. The number of aromatic nitrogens is 2. The molecule has 0 amide bonds. The lowest BCUT2D eigenvalue weighted by molar-refractivity contribution is 0.328. The highest BCUT2D eigenvalue weighted by Gasteiger charge is 2.10. The number of methoxy groups -OCH3 is 1. The van der Waals surface area contributed by atoms with Gasteiger partial charge in [0.2, 0.25) is 11.1 Å². The van der Waals surface area contributed by atoms with Crippen LogP contribution >= 0.6 is 23.1 Å². The molecule has 0 fully saturated rings. The Morgan fingerprint density at radius 3 is 2.64 bits per heavy atom. The summed E-state index contributed by atoms with van der Waals surface area (Å²) in [6, 6.07) is 14.3. The SMILES string of the molecule is COc1ccc(CN(CCN(C)CCCCCC/N=C(\NC#N)NCCSCc2csc(N=C(N)N)n2)c2ccccn2)cc1. The van der Waals surface area contributed by atoms with Crippen LogP contribution in [0.15, 0.2) is 64.0 Å². The van der Waals surface area contributed by atoms with Crippen molar-refractivity contribution in [3.8, 4) is 11.9 Å². The van der Waals surface area contributed by atoms with Crippen LogP contribution in [-0.2, 0) is 12.3 Å². The Balaban J connectivity index is 1.28. The van der Waals surface area contributed by atoms with Crippen molar-refractivity contribution in [3.05, 3.63) is 65.3 Å². The predicted octanol–water partition coefficient (Wildman–Crippen LogP) is 3.90. The number of aliphatic imine (C=N–C) groups is 2. The molecule has 0 aliphatic carbocycles. The number of hydrogen-bond donors (Lipinski definition) is 4. The van der Waals surface area contributed by atoms with Crippen LogP contribution in [0.5, 0.6) is 5.75 Å². The number of hydrogen-bond acceptors (Lipinski definition) is 10. The zero-order chi connectivity index (χ0) is 32.1. The van der Waals surface area contributed by atoms with E-state index in [1.54, 1.807) is 18.9 Å². The van der Waals surface area contributed by atoms with Gasteiger partial charge in [-0.1, -0.05) is 31.0 Å². The fourth-order valence-corrected chi connectivity index (χ4v) is 5.90. The molecule has 0 bridgehead atoms. The van der Waals surface area contributed by atoms with Crippen molar-refractivity contribution >= 4 is 46.0 Å². The lowest BCUT2D eigenvalue weighted by Gasteiger charge is -2.27.